The van der Waals surface area contributed by atoms with Gasteiger partial charge in [0.2, 0.25) is 5.91 Å². The Morgan fingerprint density at radius 1 is 1.24 bits per heavy atom. The van der Waals surface area contributed by atoms with Crippen molar-refractivity contribution in [2.45, 2.75) is 57.0 Å². The maximum absolute atomic E-state index is 11.9. The number of amides is 1. The summed E-state index contributed by atoms with van der Waals surface area (Å²) in [6.07, 6.45) is 7.04. The van der Waals surface area contributed by atoms with E-state index in [1.807, 2.05) is 0 Å². The number of carbonyl (C=O) groups excluding carboxylic acids is 1. The number of nitrogens with two attached hydrogens (primary N) is 1. The van der Waals surface area contributed by atoms with Crippen LogP contribution in [0.5, 0.6) is 0 Å². The fourth-order valence-electron chi connectivity index (χ4n) is 2.91. The van der Waals surface area contributed by atoms with Crippen LogP contribution in [0.3, 0.4) is 0 Å². The molecular weight excluding hydrogens is 216 g/mol. The minimum absolute atomic E-state index is 0.205. The predicted molar refractivity (Wildman–Crippen MR) is 66.5 cm³/mol. The minimum Gasteiger partial charge on any atom is -0.381 e. The molecule has 17 heavy (non-hydrogen) atoms. The third-order valence-corrected chi connectivity index (χ3v) is 3.88. The highest BCUT2D eigenvalue weighted by atomic mass is 16.5. The second-order valence-electron chi connectivity index (χ2n) is 5.45. The lowest BCUT2D eigenvalue weighted by atomic mass is 9.84. The van der Waals surface area contributed by atoms with E-state index in [0.29, 0.717) is 24.4 Å². The topological polar surface area (TPSA) is 64.4 Å². The van der Waals surface area contributed by atoms with E-state index in [9.17, 15) is 4.79 Å². The quantitative estimate of drug-likeness (QED) is 0.779. The molecule has 1 saturated heterocycles. The number of carbonyl (C=O) groups is 1. The Morgan fingerprint density at radius 2 is 2.00 bits per heavy atom. The Balaban J connectivity index is 1.68. The van der Waals surface area contributed by atoms with Gasteiger partial charge in [-0.2, -0.15) is 0 Å². The second-order valence-corrected chi connectivity index (χ2v) is 5.45. The first kappa shape index (κ1) is 12.8. The van der Waals surface area contributed by atoms with Crippen molar-refractivity contribution >= 4 is 5.91 Å². The van der Waals surface area contributed by atoms with Crippen molar-refractivity contribution in [3.63, 3.8) is 0 Å². The number of hydrogen-bond donors (Lipinski definition) is 2. The third-order valence-electron chi connectivity index (χ3n) is 3.88. The molecule has 1 heterocycles. The van der Waals surface area contributed by atoms with Crippen molar-refractivity contribution in [1.82, 2.24) is 5.32 Å². The first-order valence-electron chi connectivity index (χ1n) is 6.86. The molecule has 98 valence electrons. The normalized spacial score (nSPS) is 31.1. The summed E-state index contributed by atoms with van der Waals surface area (Å²) in [5, 5.41) is 3.12. The second kappa shape index (κ2) is 6.36. The van der Waals surface area contributed by atoms with Crippen molar-refractivity contribution in [2.24, 2.45) is 11.7 Å². The highest BCUT2D eigenvalue weighted by Gasteiger charge is 2.23. The molecule has 1 aliphatic carbocycles. The molecule has 4 heteroatoms. The lowest BCUT2D eigenvalue weighted by molar-refractivity contribution is -0.123. The molecule has 0 radical (unpaired) electrons. The van der Waals surface area contributed by atoms with Crippen LogP contribution in [-0.4, -0.2) is 31.2 Å². The van der Waals surface area contributed by atoms with Crippen molar-refractivity contribution in [1.29, 1.82) is 0 Å². The standard InChI is InChI=1S/C13H24N2O2/c14-11-3-1-2-10(8-11)9-13(16)15-12-4-6-17-7-5-12/h10-12H,1-9,14H2,(H,15,16). The molecule has 0 aromatic heterocycles. The number of hydrogen-bond acceptors (Lipinski definition) is 3. The van der Waals surface area contributed by atoms with Crippen LogP contribution in [0.2, 0.25) is 0 Å². The molecule has 0 aromatic carbocycles. The molecule has 0 bridgehead atoms. The molecule has 3 N–H and O–H groups in total. The highest BCUT2D eigenvalue weighted by molar-refractivity contribution is 5.76. The molecule has 2 fully saturated rings. The van der Waals surface area contributed by atoms with Crippen LogP contribution in [0.4, 0.5) is 0 Å². The average Bonchev–Trinajstić information content (AvgIpc) is 2.30. The number of ether oxygens (including phenoxy) is 1. The summed E-state index contributed by atoms with van der Waals surface area (Å²) in [5.74, 6) is 0.703. The van der Waals surface area contributed by atoms with E-state index in [2.05, 4.69) is 5.32 Å². The van der Waals surface area contributed by atoms with Gasteiger partial charge in [0.05, 0.1) is 0 Å². The summed E-state index contributed by atoms with van der Waals surface area (Å²) >= 11 is 0. The van der Waals surface area contributed by atoms with E-state index in [-0.39, 0.29) is 5.91 Å². The van der Waals surface area contributed by atoms with Crippen molar-refractivity contribution < 1.29 is 9.53 Å². The number of nitrogens with one attached hydrogen (secondary N) is 1. The fraction of sp³-hybridized carbons (Fsp3) is 0.923. The van der Waals surface area contributed by atoms with Crippen molar-refractivity contribution in [2.75, 3.05) is 13.2 Å². The van der Waals surface area contributed by atoms with Crippen LogP contribution >= 0.6 is 0 Å². The summed E-state index contributed by atoms with van der Waals surface area (Å²) in [5.41, 5.74) is 5.94. The molecule has 2 unspecified atom stereocenters. The molecule has 0 aromatic rings. The van der Waals surface area contributed by atoms with Crippen LogP contribution < -0.4 is 11.1 Å². The lowest BCUT2D eigenvalue weighted by Gasteiger charge is -2.28. The van der Waals surface area contributed by atoms with Gasteiger partial charge in [0.25, 0.3) is 0 Å². The van der Waals surface area contributed by atoms with Gasteiger partial charge in [-0.15, -0.1) is 0 Å². The highest BCUT2D eigenvalue weighted by Crippen LogP contribution is 2.25. The van der Waals surface area contributed by atoms with Crippen LogP contribution in [0.25, 0.3) is 0 Å². The molecular formula is C13H24N2O2. The van der Waals surface area contributed by atoms with Gasteiger partial charge in [0.1, 0.15) is 0 Å². The Kier molecular flexibility index (Phi) is 4.80. The average molecular weight is 240 g/mol. The van der Waals surface area contributed by atoms with E-state index < -0.39 is 0 Å². The lowest BCUT2D eigenvalue weighted by Crippen LogP contribution is -2.40. The van der Waals surface area contributed by atoms with Gasteiger partial charge >= 0.3 is 0 Å². The SMILES string of the molecule is NC1CCCC(CC(=O)NC2CCOCC2)C1. The molecule has 4 nitrogen and oxygen atoms in total. The zero-order valence-corrected chi connectivity index (χ0v) is 10.5. The van der Waals surface area contributed by atoms with Crippen LogP contribution in [-0.2, 0) is 9.53 Å². The maximum Gasteiger partial charge on any atom is 0.220 e. The largest absolute Gasteiger partial charge is 0.381 e. The van der Waals surface area contributed by atoms with Crippen molar-refractivity contribution in [3.8, 4) is 0 Å². The fourth-order valence-corrected chi connectivity index (χ4v) is 2.91. The van der Waals surface area contributed by atoms with Gasteiger partial charge in [-0.1, -0.05) is 6.42 Å². The Labute approximate surface area is 103 Å². The molecule has 2 atom stereocenters. The van der Waals surface area contributed by atoms with Gasteiger partial charge in [0.15, 0.2) is 0 Å². The Morgan fingerprint density at radius 3 is 2.71 bits per heavy atom. The van der Waals surface area contributed by atoms with Crippen LogP contribution in [0.1, 0.15) is 44.9 Å². The third kappa shape index (κ3) is 4.28. The first-order chi connectivity index (χ1) is 8.24. The minimum atomic E-state index is 0.205. The molecule has 1 saturated carbocycles. The van der Waals surface area contributed by atoms with E-state index in [1.165, 1.54) is 6.42 Å². The number of rotatable bonds is 3. The van der Waals surface area contributed by atoms with Gasteiger partial charge in [-0.25, -0.2) is 0 Å². The molecule has 2 aliphatic rings. The summed E-state index contributed by atoms with van der Waals surface area (Å²) in [6, 6.07) is 0.637. The molecule has 2 rings (SSSR count). The molecule has 0 spiro atoms. The summed E-state index contributed by atoms with van der Waals surface area (Å²) in [6.45, 7) is 1.55. The Hall–Kier alpha value is -0.610. The van der Waals surface area contributed by atoms with E-state index in [4.69, 9.17) is 10.5 Å². The van der Waals surface area contributed by atoms with Gasteiger partial charge in [0, 0.05) is 31.7 Å². The maximum atomic E-state index is 11.9. The van der Waals surface area contributed by atoms with E-state index >= 15 is 0 Å². The van der Waals surface area contributed by atoms with Gasteiger partial charge in [-0.05, 0) is 38.0 Å². The summed E-state index contributed by atoms with van der Waals surface area (Å²) < 4.78 is 5.28. The van der Waals surface area contributed by atoms with E-state index in [0.717, 1.165) is 45.3 Å². The first-order valence-corrected chi connectivity index (χ1v) is 6.86. The predicted octanol–water partition coefficient (Wildman–Crippen LogP) is 1.19. The monoisotopic (exact) mass is 240 g/mol. The zero-order valence-electron chi connectivity index (χ0n) is 10.5. The van der Waals surface area contributed by atoms with Gasteiger partial charge in [-0.3, -0.25) is 4.79 Å². The van der Waals surface area contributed by atoms with Crippen LogP contribution in [0, 0.1) is 5.92 Å². The Bertz CT molecular complexity index is 252. The van der Waals surface area contributed by atoms with Crippen LogP contribution in [0.15, 0.2) is 0 Å². The summed E-state index contributed by atoms with van der Waals surface area (Å²) in [7, 11) is 0. The van der Waals surface area contributed by atoms with Crippen molar-refractivity contribution in [3.05, 3.63) is 0 Å². The molecule has 1 amide bonds. The summed E-state index contributed by atoms with van der Waals surface area (Å²) in [4.78, 5) is 11.9. The molecule has 1 aliphatic heterocycles. The smallest absolute Gasteiger partial charge is 0.220 e. The zero-order chi connectivity index (χ0) is 12.1. The van der Waals surface area contributed by atoms with E-state index in [1.54, 1.807) is 0 Å². The van der Waals surface area contributed by atoms with Gasteiger partial charge < -0.3 is 15.8 Å².